The van der Waals surface area contributed by atoms with Crippen molar-refractivity contribution in [3.8, 4) is 0 Å². The quantitative estimate of drug-likeness (QED) is 0.827. The molecule has 17 heavy (non-hydrogen) atoms. The lowest BCUT2D eigenvalue weighted by Gasteiger charge is -2.11. The van der Waals surface area contributed by atoms with Crippen LogP contribution in [0.15, 0.2) is 30.5 Å². The van der Waals surface area contributed by atoms with Crippen LogP contribution in [0, 0.1) is 20.8 Å². The second kappa shape index (κ2) is 4.45. The first-order chi connectivity index (χ1) is 8.06. The molecule has 88 valence electrons. The maximum Gasteiger partial charge on any atom is 0.153 e. The number of nitrogen functional groups attached to an aromatic ring is 1. The number of benzene rings is 1. The van der Waals surface area contributed by atoms with Gasteiger partial charge in [-0.25, -0.2) is 4.98 Å². The first-order valence-corrected chi connectivity index (χ1v) is 5.62. The Labute approximate surface area is 102 Å². The highest BCUT2D eigenvalue weighted by Gasteiger charge is 2.04. The van der Waals surface area contributed by atoms with E-state index >= 15 is 0 Å². The first-order valence-electron chi connectivity index (χ1n) is 5.62. The molecule has 0 saturated heterocycles. The van der Waals surface area contributed by atoms with Crippen molar-refractivity contribution in [3.05, 3.63) is 47.2 Å². The highest BCUT2D eigenvalue weighted by molar-refractivity contribution is 5.71. The third kappa shape index (κ3) is 2.56. The molecule has 0 amide bonds. The van der Waals surface area contributed by atoms with Crippen LogP contribution in [0.2, 0.25) is 0 Å². The van der Waals surface area contributed by atoms with Gasteiger partial charge in [-0.05, 0) is 55.7 Å². The monoisotopic (exact) mass is 227 g/mol. The van der Waals surface area contributed by atoms with Gasteiger partial charge in [0.1, 0.15) is 0 Å². The van der Waals surface area contributed by atoms with E-state index in [9.17, 15) is 0 Å². The average Bonchev–Trinajstić information content (AvgIpc) is 2.23. The van der Waals surface area contributed by atoms with Crippen LogP contribution in [0.1, 0.15) is 16.7 Å². The van der Waals surface area contributed by atoms with Crippen molar-refractivity contribution in [2.45, 2.75) is 20.8 Å². The number of nitrogens with zero attached hydrogens (tertiary/aromatic N) is 1. The maximum atomic E-state index is 5.98. The van der Waals surface area contributed by atoms with Crippen molar-refractivity contribution in [2.24, 2.45) is 0 Å². The largest absolute Gasteiger partial charge is 0.396 e. The van der Waals surface area contributed by atoms with E-state index in [1.807, 2.05) is 13.0 Å². The van der Waals surface area contributed by atoms with Crippen molar-refractivity contribution in [1.82, 2.24) is 4.98 Å². The molecule has 3 N–H and O–H groups in total. The molecular weight excluding hydrogens is 210 g/mol. The molecule has 3 nitrogen and oxygen atoms in total. The topological polar surface area (TPSA) is 50.9 Å². The van der Waals surface area contributed by atoms with Gasteiger partial charge in [0.05, 0.1) is 5.69 Å². The van der Waals surface area contributed by atoms with Crippen molar-refractivity contribution in [2.75, 3.05) is 11.1 Å². The van der Waals surface area contributed by atoms with E-state index < -0.39 is 0 Å². The molecule has 3 heteroatoms. The van der Waals surface area contributed by atoms with E-state index in [1.54, 1.807) is 6.20 Å². The van der Waals surface area contributed by atoms with Gasteiger partial charge in [-0.2, -0.15) is 0 Å². The molecule has 0 fully saturated rings. The van der Waals surface area contributed by atoms with Crippen LogP contribution in [-0.4, -0.2) is 4.98 Å². The molecule has 2 rings (SSSR count). The number of nitrogens with one attached hydrogen (secondary N) is 1. The van der Waals surface area contributed by atoms with Crippen molar-refractivity contribution in [3.63, 3.8) is 0 Å². The molecule has 0 atom stereocenters. The molecule has 1 aromatic carbocycles. The van der Waals surface area contributed by atoms with Crippen LogP contribution < -0.4 is 11.1 Å². The Hall–Kier alpha value is -2.03. The van der Waals surface area contributed by atoms with Gasteiger partial charge < -0.3 is 11.1 Å². The molecule has 0 aliphatic carbocycles. The highest BCUT2D eigenvalue weighted by atomic mass is 15.0. The Morgan fingerprint density at radius 1 is 1.06 bits per heavy atom. The van der Waals surface area contributed by atoms with E-state index in [1.165, 1.54) is 11.1 Å². The molecule has 0 bridgehead atoms. The fraction of sp³-hybridized carbons (Fsp3) is 0.214. The zero-order valence-electron chi connectivity index (χ0n) is 10.4. The SMILES string of the molecule is Cc1cc(C)cc(Nc2nccc(C)c2N)c1. The summed E-state index contributed by atoms with van der Waals surface area (Å²) in [7, 11) is 0. The molecule has 1 aromatic heterocycles. The van der Waals surface area contributed by atoms with Gasteiger partial charge in [0.25, 0.3) is 0 Å². The lowest BCUT2D eigenvalue weighted by molar-refractivity contribution is 1.27. The zero-order valence-corrected chi connectivity index (χ0v) is 10.4. The molecular formula is C14H17N3. The first kappa shape index (κ1) is 11.5. The molecule has 0 saturated carbocycles. The number of hydrogen-bond acceptors (Lipinski definition) is 3. The lowest BCUT2D eigenvalue weighted by atomic mass is 10.1. The molecule has 0 aliphatic rings. The summed E-state index contributed by atoms with van der Waals surface area (Å²) in [6, 6.07) is 8.20. The maximum absolute atomic E-state index is 5.98. The lowest BCUT2D eigenvalue weighted by Crippen LogP contribution is -2.01. The van der Waals surface area contributed by atoms with Crippen LogP contribution in [0.3, 0.4) is 0 Å². The van der Waals surface area contributed by atoms with E-state index in [0.717, 1.165) is 17.1 Å². The van der Waals surface area contributed by atoms with Gasteiger partial charge in [0.2, 0.25) is 0 Å². The summed E-state index contributed by atoms with van der Waals surface area (Å²) < 4.78 is 0. The van der Waals surface area contributed by atoms with Crippen LogP contribution >= 0.6 is 0 Å². The minimum atomic E-state index is 0.701. The third-order valence-electron chi connectivity index (χ3n) is 2.69. The summed E-state index contributed by atoms with van der Waals surface area (Å²) in [6.45, 7) is 6.13. The predicted octanol–water partition coefficient (Wildman–Crippen LogP) is 3.33. The number of pyridine rings is 1. The molecule has 0 aliphatic heterocycles. The summed E-state index contributed by atoms with van der Waals surface area (Å²) in [5.41, 5.74) is 11.2. The summed E-state index contributed by atoms with van der Waals surface area (Å²) in [6.07, 6.45) is 1.76. The third-order valence-corrected chi connectivity index (χ3v) is 2.69. The summed E-state index contributed by atoms with van der Waals surface area (Å²) in [5.74, 6) is 0.718. The van der Waals surface area contributed by atoms with Crippen LogP contribution in [0.25, 0.3) is 0 Å². The Balaban J connectivity index is 2.34. The van der Waals surface area contributed by atoms with E-state index in [4.69, 9.17) is 5.73 Å². The number of hydrogen-bond donors (Lipinski definition) is 2. The van der Waals surface area contributed by atoms with Gasteiger partial charge in [-0.1, -0.05) is 6.07 Å². The fourth-order valence-electron chi connectivity index (χ4n) is 1.85. The van der Waals surface area contributed by atoms with Crippen molar-refractivity contribution in [1.29, 1.82) is 0 Å². The van der Waals surface area contributed by atoms with Crippen molar-refractivity contribution >= 4 is 17.2 Å². The fourth-order valence-corrected chi connectivity index (χ4v) is 1.85. The van der Waals surface area contributed by atoms with E-state index in [2.05, 4.69) is 42.3 Å². The van der Waals surface area contributed by atoms with Crippen LogP contribution in [0.4, 0.5) is 17.2 Å². The van der Waals surface area contributed by atoms with Gasteiger partial charge in [0.15, 0.2) is 5.82 Å². The number of aryl methyl sites for hydroxylation is 3. The molecule has 0 unspecified atom stereocenters. The average molecular weight is 227 g/mol. The summed E-state index contributed by atoms with van der Waals surface area (Å²) in [5, 5.41) is 3.26. The predicted molar refractivity (Wildman–Crippen MR) is 72.6 cm³/mol. The molecule has 2 aromatic rings. The van der Waals surface area contributed by atoms with Gasteiger partial charge >= 0.3 is 0 Å². The second-order valence-electron chi connectivity index (χ2n) is 4.39. The van der Waals surface area contributed by atoms with E-state index in [0.29, 0.717) is 5.69 Å². The van der Waals surface area contributed by atoms with Gasteiger partial charge in [-0.15, -0.1) is 0 Å². The minimum Gasteiger partial charge on any atom is -0.396 e. The summed E-state index contributed by atoms with van der Waals surface area (Å²) >= 11 is 0. The summed E-state index contributed by atoms with van der Waals surface area (Å²) in [4.78, 5) is 4.26. The molecule has 0 radical (unpaired) electrons. The number of rotatable bonds is 2. The number of nitrogens with two attached hydrogens (primary N) is 1. The van der Waals surface area contributed by atoms with E-state index in [-0.39, 0.29) is 0 Å². The zero-order chi connectivity index (χ0) is 12.4. The second-order valence-corrected chi connectivity index (χ2v) is 4.39. The molecule has 0 spiro atoms. The Morgan fingerprint density at radius 3 is 2.35 bits per heavy atom. The standard InChI is InChI=1S/C14H17N3/c1-9-6-10(2)8-12(7-9)17-14-13(15)11(3)4-5-16-14/h4-8H,15H2,1-3H3,(H,16,17). The number of aromatic nitrogens is 1. The van der Waals surface area contributed by atoms with Crippen molar-refractivity contribution < 1.29 is 0 Å². The minimum absolute atomic E-state index is 0.701. The normalized spacial score (nSPS) is 10.3. The Morgan fingerprint density at radius 2 is 1.71 bits per heavy atom. The highest BCUT2D eigenvalue weighted by Crippen LogP contribution is 2.24. The number of anilines is 3. The van der Waals surface area contributed by atoms with Crippen LogP contribution in [0.5, 0.6) is 0 Å². The Kier molecular flexibility index (Phi) is 3.00. The molecule has 1 heterocycles. The van der Waals surface area contributed by atoms with Gasteiger partial charge in [-0.3, -0.25) is 0 Å². The van der Waals surface area contributed by atoms with Gasteiger partial charge in [0, 0.05) is 11.9 Å². The smallest absolute Gasteiger partial charge is 0.153 e. The van der Waals surface area contributed by atoms with Crippen LogP contribution in [-0.2, 0) is 0 Å². The Bertz CT molecular complexity index is 527.